The van der Waals surface area contributed by atoms with Crippen LogP contribution in [0.1, 0.15) is 83.3 Å². The molecule has 0 amide bonds. The molecule has 0 heterocycles. The first-order chi connectivity index (χ1) is 40.2. The Morgan fingerprint density at radius 3 is 0.805 bits per heavy atom. The van der Waals surface area contributed by atoms with Gasteiger partial charge in [-0.15, -0.1) is 0 Å². The van der Waals surface area contributed by atoms with E-state index in [1.54, 1.807) is 0 Å². The van der Waals surface area contributed by atoms with Crippen molar-refractivity contribution in [1.82, 2.24) is 0 Å². The zero-order valence-electron chi connectivity index (χ0n) is 48.3. The van der Waals surface area contributed by atoms with E-state index in [0.29, 0.717) is 0 Å². The third-order valence-electron chi connectivity index (χ3n) is 16.2. The van der Waals surface area contributed by atoms with Gasteiger partial charge in [0, 0.05) is 34.1 Å². The SMILES string of the molecule is CCc1ccc(N(c2ccc(/C=C/c3ccccc3C)cc2)c2ccc(-c3ccc(-c4ccc(-c5ccc(-c6ccc(N(c7ccc(/C=C/c8ccccc8C)cc7)c7ccc(CC)cc7CC)cc6)cc5)cc4)cc3)cc2)c(CC)c1. The first-order valence-corrected chi connectivity index (χ1v) is 29.3. The number of aryl methyl sites for hydroxylation is 6. The second kappa shape index (κ2) is 25.3. The van der Waals surface area contributed by atoms with Crippen LogP contribution in [-0.4, -0.2) is 0 Å². The summed E-state index contributed by atoms with van der Waals surface area (Å²) in [5, 5.41) is 0. The summed E-state index contributed by atoms with van der Waals surface area (Å²) in [6.07, 6.45) is 12.8. The van der Waals surface area contributed by atoms with Crippen LogP contribution in [0.2, 0.25) is 0 Å². The molecule has 0 spiro atoms. The van der Waals surface area contributed by atoms with Crippen molar-refractivity contribution >= 4 is 58.4 Å². The summed E-state index contributed by atoms with van der Waals surface area (Å²) < 4.78 is 0. The third kappa shape index (κ3) is 12.3. The molecule has 0 saturated heterocycles. The molecule has 0 saturated carbocycles. The van der Waals surface area contributed by atoms with E-state index in [4.69, 9.17) is 0 Å². The van der Waals surface area contributed by atoms with E-state index in [0.717, 1.165) is 48.4 Å². The molecule has 2 heteroatoms. The molecule has 11 aromatic carbocycles. The molecule has 0 aliphatic heterocycles. The maximum Gasteiger partial charge on any atom is 0.0493 e. The molecule has 11 aromatic rings. The normalized spacial score (nSPS) is 11.4. The Morgan fingerprint density at radius 2 is 0.537 bits per heavy atom. The van der Waals surface area contributed by atoms with Gasteiger partial charge < -0.3 is 9.80 Å². The highest BCUT2D eigenvalue weighted by molar-refractivity contribution is 5.84. The summed E-state index contributed by atoms with van der Waals surface area (Å²) in [5.74, 6) is 0. The molecular weight excluding hydrogens is 989 g/mol. The number of nitrogens with zero attached hydrogens (tertiary/aromatic N) is 2. The highest BCUT2D eigenvalue weighted by Crippen LogP contribution is 2.41. The van der Waals surface area contributed by atoms with Gasteiger partial charge in [-0.25, -0.2) is 0 Å². The van der Waals surface area contributed by atoms with Gasteiger partial charge in [-0.3, -0.25) is 0 Å². The molecule has 0 N–H and O–H groups in total. The molecule has 0 aliphatic carbocycles. The molecule has 82 heavy (non-hydrogen) atoms. The maximum absolute atomic E-state index is 2.41. The Bertz CT molecular complexity index is 3710. The lowest BCUT2D eigenvalue weighted by Gasteiger charge is -2.28. The van der Waals surface area contributed by atoms with Gasteiger partial charge in [-0.2, -0.15) is 0 Å². The summed E-state index contributed by atoms with van der Waals surface area (Å²) >= 11 is 0. The van der Waals surface area contributed by atoms with Gasteiger partial charge in [-0.05, 0) is 200 Å². The average molecular weight is 1060 g/mol. The third-order valence-corrected chi connectivity index (χ3v) is 16.2. The predicted molar refractivity (Wildman–Crippen MR) is 355 cm³/mol. The van der Waals surface area contributed by atoms with E-state index in [-0.39, 0.29) is 0 Å². The minimum absolute atomic E-state index is 0.954. The molecule has 0 unspecified atom stereocenters. The number of hydrogen-bond donors (Lipinski definition) is 0. The second-order valence-corrected chi connectivity index (χ2v) is 21.4. The molecule has 2 nitrogen and oxygen atoms in total. The standard InChI is InChI=1S/C80H72N2/c1-7-59-25-53-79(63(9-3)55-59)81(75-45-21-61(22-46-75)19-27-65-17-13-11-15-57(65)5)77-49-41-73(42-50-77)71-37-33-69(34-38-71)67-29-31-68(32-30-67)70-35-39-72(40-36-70)74-43-51-78(52-44-74)82(80-54-26-60(8-2)56-64(80)10-4)76-47-23-62(24-48-76)20-28-66-18-14-12-16-58(66)6/h11-56H,7-10H2,1-6H3/b27-19+,28-20+. The molecule has 11 rings (SSSR count). The Labute approximate surface area is 487 Å². The van der Waals surface area contributed by atoms with Crippen molar-refractivity contribution in [3.8, 4) is 44.5 Å². The first-order valence-electron chi connectivity index (χ1n) is 29.3. The van der Waals surface area contributed by atoms with Gasteiger partial charge in [0.1, 0.15) is 0 Å². The van der Waals surface area contributed by atoms with E-state index in [9.17, 15) is 0 Å². The zero-order chi connectivity index (χ0) is 56.4. The van der Waals surface area contributed by atoms with Crippen molar-refractivity contribution in [2.45, 2.75) is 67.2 Å². The topological polar surface area (TPSA) is 6.48 Å². The average Bonchev–Trinajstić information content (AvgIpc) is 3.74. The van der Waals surface area contributed by atoms with Crippen molar-refractivity contribution in [3.05, 3.63) is 310 Å². The summed E-state index contributed by atoms with van der Waals surface area (Å²) in [6.45, 7) is 13.3. The smallest absolute Gasteiger partial charge is 0.0493 e. The summed E-state index contributed by atoms with van der Waals surface area (Å²) in [4.78, 5) is 4.82. The van der Waals surface area contributed by atoms with Crippen LogP contribution in [0.15, 0.2) is 255 Å². The summed E-state index contributed by atoms with van der Waals surface area (Å²) in [7, 11) is 0. The van der Waals surface area contributed by atoms with Crippen LogP contribution < -0.4 is 9.80 Å². The van der Waals surface area contributed by atoms with Crippen LogP contribution >= 0.6 is 0 Å². The largest absolute Gasteiger partial charge is 0.310 e. The Hall–Kier alpha value is -9.50. The van der Waals surface area contributed by atoms with Crippen LogP contribution in [0.25, 0.3) is 68.8 Å². The highest BCUT2D eigenvalue weighted by Gasteiger charge is 2.19. The monoisotopic (exact) mass is 1060 g/mol. The van der Waals surface area contributed by atoms with E-state index in [2.05, 4.69) is 330 Å². The fourth-order valence-corrected chi connectivity index (χ4v) is 11.1. The number of rotatable bonds is 18. The fourth-order valence-electron chi connectivity index (χ4n) is 11.1. The van der Waals surface area contributed by atoms with Crippen molar-refractivity contribution < 1.29 is 0 Å². The van der Waals surface area contributed by atoms with Gasteiger partial charge >= 0.3 is 0 Å². The lowest BCUT2D eigenvalue weighted by Crippen LogP contribution is -2.12. The molecule has 0 aliphatic rings. The van der Waals surface area contributed by atoms with Crippen LogP contribution in [0.3, 0.4) is 0 Å². The van der Waals surface area contributed by atoms with E-state index >= 15 is 0 Å². The lowest BCUT2D eigenvalue weighted by atomic mass is 9.96. The number of benzene rings is 11. The second-order valence-electron chi connectivity index (χ2n) is 21.4. The minimum atomic E-state index is 0.954. The van der Waals surface area contributed by atoms with Gasteiger partial charge in [0.25, 0.3) is 0 Å². The first kappa shape index (κ1) is 54.5. The van der Waals surface area contributed by atoms with Gasteiger partial charge in [0.05, 0.1) is 0 Å². The molecule has 402 valence electrons. The van der Waals surface area contributed by atoms with E-state index < -0.39 is 0 Å². The minimum Gasteiger partial charge on any atom is -0.310 e. The van der Waals surface area contributed by atoms with Gasteiger partial charge in [0.15, 0.2) is 0 Å². The molecular formula is C80H72N2. The Morgan fingerprint density at radius 1 is 0.268 bits per heavy atom. The van der Waals surface area contributed by atoms with E-state index in [1.165, 1.54) is 112 Å². The number of anilines is 6. The van der Waals surface area contributed by atoms with Crippen LogP contribution in [0.4, 0.5) is 34.1 Å². The van der Waals surface area contributed by atoms with Gasteiger partial charge in [-0.1, -0.05) is 246 Å². The molecule has 0 atom stereocenters. The predicted octanol–water partition coefficient (Wildman–Crippen LogP) is 22.5. The molecule has 0 radical (unpaired) electrons. The Balaban J connectivity index is 0.777. The molecule has 0 fully saturated rings. The zero-order valence-corrected chi connectivity index (χ0v) is 48.3. The number of hydrogen-bond acceptors (Lipinski definition) is 2. The molecule has 0 aromatic heterocycles. The maximum atomic E-state index is 2.41. The summed E-state index contributed by atoms with van der Waals surface area (Å²) in [6, 6.07) is 93.8. The quantitative estimate of drug-likeness (QED) is 0.0790. The summed E-state index contributed by atoms with van der Waals surface area (Å²) in [5.41, 5.74) is 29.3. The van der Waals surface area contributed by atoms with Crippen LogP contribution in [0, 0.1) is 13.8 Å². The lowest BCUT2D eigenvalue weighted by molar-refractivity contribution is 1.07. The van der Waals surface area contributed by atoms with Crippen LogP contribution in [-0.2, 0) is 25.7 Å². The Kier molecular flexibility index (Phi) is 16.8. The van der Waals surface area contributed by atoms with Crippen molar-refractivity contribution in [3.63, 3.8) is 0 Å². The fraction of sp³-hybridized carbons (Fsp3) is 0.125. The van der Waals surface area contributed by atoms with E-state index in [1.807, 2.05) is 0 Å². The van der Waals surface area contributed by atoms with Crippen LogP contribution in [0.5, 0.6) is 0 Å². The van der Waals surface area contributed by atoms with Crippen molar-refractivity contribution in [2.75, 3.05) is 9.80 Å². The van der Waals surface area contributed by atoms with Crippen molar-refractivity contribution in [1.29, 1.82) is 0 Å². The molecule has 0 bridgehead atoms. The highest BCUT2D eigenvalue weighted by atomic mass is 15.1. The van der Waals surface area contributed by atoms with Gasteiger partial charge in [0.2, 0.25) is 0 Å². The van der Waals surface area contributed by atoms with Crippen molar-refractivity contribution in [2.24, 2.45) is 0 Å².